The zero-order chi connectivity index (χ0) is 14.1. The van der Waals surface area contributed by atoms with Crippen LogP contribution >= 0.6 is 15.9 Å². The second kappa shape index (κ2) is 5.44. The molecule has 0 unspecified atom stereocenters. The lowest BCUT2D eigenvalue weighted by Crippen LogP contribution is -2.27. The van der Waals surface area contributed by atoms with Gasteiger partial charge in [-0.15, -0.1) is 0 Å². The van der Waals surface area contributed by atoms with E-state index in [1.165, 1.54) is 17.2 Å². The van der Waals surface area contributed by atoms with Gasteiger partial charge in [0.2, 0.25) is 0 Å². The molecule has 20 heavy (non-hydrogen) atoms. The zero-order valence-electron chi connectivity index (χ0n) is 11.1. The molecule has 0 saturated heterocycles. The molecule has 0 radical (unpaired) electrons. The van der Waals surface area contributed by atoms with E-state index in [9.17, 15) is 4.39 Å². The Morgan fingerprint density at radius 3 is 2.25 bits per heavy atom. The van der Waals surface area contributed by atoms with Crippen LogP contribution in [0, 0.1) is 5.82 Å². The molecule has 0 atom stereocenters. The maximum absolute atomic E-state index is 13.7. The molecule has 104 valence electrons. The first-order chi connectivity index (χ1) is 9.65. The molecule has 2 nitrogen and oxygen atoms in total. The molecule has 0 aliphatic carbocycles. The zero-order valence-corrected chi connectivity index (χ0v) is 12.7. The predicted octanol–water partition coefficient (Wildman–Crippen LogP) is 3.78. The fourth-order valence-electron chi connectivity index (χ4n) is 2.73. The smallest absolute Gasteiger partial charge is 0.139 e. The van der Waals surface area contributed by atoms with E-state index in [0.29, 0.717) is 10.2 Å². The number of fused-ring (bicyclic) bond motifs is 1. The summed E-state index contributed by atoms with van der Waals surface area (Å²) in [7, 11) is 0. The Kier molecular flexibility index (Phi) is 3.66. The lowest BCUT2D eigenvalue weighted by Gasteiger charge is -2.24. The van der Waals surface area contributed by atoms with Gasteiger partial charge in [0.25, 0.3) is 0 Å². The van der Waals surface area contributed by atoms with Gasteiger partial charge in [0.15, 0.2) is 0 Å². The van der Waals surface area contributed by atoms with Crippen molar-refractivity contribution in [2.24, 2.45) is 0 Å². The lowest BCUT2D eigenvalue weighted by molar-refractivity contribution is 0.620. The molecular formula is C16H16BrFN2. The van der Waals surface area contributed by atoms with Crippen molar-refractivity contribution in [3.8, 4) is 0 Å². The fraction of sp³-hybridized carbons (Fsp3) is 0.250. The van der Waals surface area contributed by atoms with Crippen LogP contribution in [0.4, 0.5) is 15.8 Å². The number of nitrogens with two attached hydrogens (primary N) is 1. The SMILES string of the molecule is Nc1cc(Br)c(F)cc1N1CCc2ccccc2CC1. The largest absolute Gasteiger partial charge is 0.397 e. The van der Waals surface area contributed by atoms with Gasteiger partial charge >= 0.3 is 0 Å². The number of benzene rings is 2. The number of hydrogen-bond donors (Lipinski definition) is 1. The molecule has 0 spiro atoms. The highest BCUT2D eigenvalue weighted by Crippen LogP contribution is 2.31. The molecule has 4 heteroatoms. The maximum atomic E-state index is 13.7. The van der Waals surface area contributed by atoms with Crippen molar-refractivity contribution in [1.29, 1.82) is 0 Å². The van der Waals surface area contributed by atoms with Gasteiger partial charge in [0, 0.05) is 19.2 Å². The second-order valence-electron chi connectivity index (χ2n) is 5.08. The first kappa shape index (κ1) is 13.4. The first-order valence-corrected chi connectivity index (χ1v) is 7.50. The van der Waals surface area contributed by atoms with Crippen LogP contribution in [0.25, 0.3) is 0 Å². The van der Waals surface area contributed by atoms with Gasteiger partial charge in [-0.2, -0.15) is 0 Å². The van der Waals surface area contributed by atoms with Gasteiger partial charge in [-0.1, -0.05) is 24.3 Å². The molecule has 0 amide bonds. The summed E-state index contributed by atoms with van der Waals surface area (Å²) in [6.45, 7) is 1.73. The quantitative estimate of drug-likeness (QED) is 0.804. The molecule has 1 heterocycles. The number of anilines is 2. The summed E-state index contributed by atoms with van der Waals surface area (Å²) in [5, 5.41) is 0. The Morgan fingerprint density at radius 1 is 1.05 bits per heavy atom. The third kappa shape index (κ3) is 2.52. The minimum atomic E-state index is -0.268. The first-order valence-electron chi connectivity index (χ1n) is 6.71. The van der Waals surface area contributed by atoms with Crippen molar-refractivity contribution in [1.82, 2.24) is 0 Å². The van der Waals surface area contributed by atoms with E-state index >= 15 is 0 Å². The Hall–Kier alpha value is -1.55. The van der Waals surface area contributed by atoms with E-state index in [4.69, 9.17) is 5.73 Å². The summed E-state index contributed by atoms with van der Waals surface area (Å²) in [5.74, 6) is -0.268. The summed E-state index contributed by atoms with van der Waals surface area (Å²) < 4.78 is 14.2. The number of nitrogen functional groups attached to an aromatic ring is 1. The van der Waals surface area contributed by atoms with E-state index in [-0.39, 0.29) is 5.82 Å². The van der Waals surface area contributed by atoms with Gasteiger partial charge in [-0.05, 0) is 46.0 Å². The number of halogens is 2. The van der Waals surface area contributed by atoms with Crippen molar-refractivity contribution < 1.29 is 4.39 Å². The highest BCUT2D eigenvalue weighted by atomic mass is 79.9. The monoisotopic (exact) mass is 334 g/mol. The average molecular weight is 335 g/mol. The molecule has 1 aliphatic heterocycles. The minimum Gasteiger partial charge on any atom is -0.397 e. The van der Waals surface area contributed by atoms with Crippen LogP contribution < -0.4 is 10.6 Å². The van der Waals surface area contributed by atoms with Crippen LogP contribution in [0.15, 0.2) is 40.9 Å². The van der Waals surface area contributed by atoms with Crippen LogP contribution in [-0.4, -0.2) is 13.1 Å². The number of hydrogen-bond acceptors (Lipinski definition) is 2. The Bertz CT molecular complexity index is 615. The highest BCUT2D eigenvalue weighted by Gasteiger charge is 2.17. The van der Waals surface area contributed by atoms with E-state index < -0.39 is 0 Å². The standard InChI is InChI=1S/C16H16BrFN2/c17-13-9-15(19)16(10-14(13)18)20-7-5-11-3-1-2-4-12(11)6-8-20/h1-4,9-10H,5-8,19H2. The third-order valence-corrected chi connectivity index (χ3v) is 4.44. The molecule has 3 rings (SSSR count). The second-order valence-corrected chi connectivity index (χ2v) is 5.94. The molecule has 0 fully saturated rings. The Morgan fingerprint density at radius 2 is 1.65 bits per heavy atom. The van der Waals surface area contributed by atoms with Crippen LogP contribution in [0.1, 0.15) is 11.1 Å². The van der Waals surface area contributed by atoms with Crippen molar-refractivity contribution in [3.05, 3.63) is 57.8 Å². The number of rotatable bonds is 1. The van der Waals surface area contributed by atoms with Crippen molar-refractivity contribution in [2.45, 2.75) is 12.8 Å². The predicted molar refractivity (Wildman–Crippen MR) is 84.6 cm³/mol. The maximum Gasteiger partial charge on any atom is 0.139 e. The van der Waals surface area contributed by atoms with Crippen molar-refractivity contribution in [3.63, 3.8) is 0 Å². The molecule has 0 bridgehead atoms. The van der Waals surface area contributed by atoms with Gasteiger partial charge in [0.1, 0.15) is 5.82 Å². The normalized spacial score (nSPS) is 14.8. The summed E-state index contributed by atoms with van der Waals surface area (Å²) in [4.78, 5) is 2.17. The van der Waals surface area contributed by atoms with Gasteiger partial charge in [-0.25, -0.2) is 4.39 Å². The van der Waals surface area contributed by atoms with Gasteiger partial charge in [0.05, 0.1) is 15.8 Å². The topological polar surface area (TPSA) is 29.3 Å². The van der Waals surface area contributed by atoms with Crippen LogP contribution in [-0.2, 0) is 12.8 Å². The van der Waals surface area contributed by atoms with E-state index in [0.717, 1.165) is 31.6 Å². The molecule has 0 saturated carbocycles. The molecule has 2 aromatic carbocycles. The summed E-state index contributed by atoms with van der Waals surface area (Å²) in [5.41, 5.74) is 10.2. The molecule has 2 aromatic rings. The third-order valence-electron chi connectivity index (χ3n) is 3.83. The summed E-state index contributed by atoms with van der Waals surface area (Å²) in [6.07, 6.45) is 1.93. The fourth-order valence-corrected chi connectivity index (χ4v) is 3.10. The van der Waals surface area contributed by atoms with Crippen LogP contribution in [0.3, 0.4) is 0 Å². The molecular weight excluding hydrogens is 319 g/mol. The minimum absolute atomic E-state index is 0.268. The van der Waals surface area contributed by atoms with Gasteiger partial charge in [-0.3, -0.25) is 0 Å². The Labute approximate surface area is 126 Å². The lowest BCUT2D eigenvalue weighted by atomic mass is 10.0. The van der Waals surface area contributed by atoms with E-state index in [1.807, 2.05) is 0 Å². The van der Waals surface area contributed by atoms with E-state index in [1.54, 1.807) is 6.07 Å². The summed E-state index contributed by atoms with van der Waals surface area (Å²) in [6, 6.07) is 11.6. The molecule has 0 aromatic heterocycles. The Balaban J connectivity index is 1.89. The van der Waals surface area contributed by atoms with Crippen LogP contribution in [0.2, 0.25) is 0 Å². The molecule has 2 N–H and O–H groups in total. The number of nitrogens with zero attached hydrogens (tertiary/aromatic N) is 1. The molecule has 1 aliphatic rings. The van der Waals surface area contributed by atoms with Crippen molar-refractivity contribution in [2.75, 3.05) is 23.7 Å². The van der Waals surface area contributed by atoms with Crippen LogP contribution in [0.5, 0.6) is 0 Å². The van der Waals surface area contributed by atoms with E-state index in [2.05, 4.69) is 45.1 Å². The summed E-state index contributed by atoms with van der Waals surface area (Å²) >= 11 is 3.17. The van der Waals surface area contributed by atoms with Gasteiger partial charge < -0.3 is 10.6 Å². The average Bonchev–Trinajstić information content (AvgIpc) is 2.65. The van der Waals surface area contributed by atoms with Crippen molar-refractivity contribution >= 4 is 27.3 Å². The highest BCUT2D eigenvalue weighted by molar-refractivity contribution is 9.10.